The van der Waals surface area contributed by atoms with Gasteiger partial charge >= 0.3 is 12.1 Å². The Bertz CT molecular complexity index is 1150. The third-order valence-electron chi connectivity index (χ3n) is 5.12. The maximum absolute atomic E-state index is 14.4. The zero-order valence-electron chi connectivity index (χ0n) is 17.6. The van der Waals surface area contributed by atoms with Gasteiger partial charge in [-0.3, -0.25) is 9.59 Å². The van der Waals surface area contributed by atoms with Crippen molar-refractivity contribution >= 4 is 46.5 Å². The third kappa shape index (κ3) is 4.95. The number of thioether (sulfide) groups is 1. The van der Waals surface area contributed by atoms with Gasteiger partial charge in [0.2, 0.25) is 5.72 Å². The number of nitriles is 1. The number of nitrogens with zero attached hydrogens (tertiary/aromatic N) is 1. The summed E-state index contributed by atoms with van der Waals surface area (Å²) < 4.78 is 48.0. The first-order chi connectivity index (χ1) is 16.0. The minimum Gasteiger partial charge on any atom is -0.465 e. The summed E-state index contributed by atoms with van der Waals surface area (Å²) in [6.07, 6.45) is -5.33. The molecule has 12 heteroatoms. The van der Waals surface area contributed by atoms with Gasteiger partial charge in [-0.05, 0) is 30.0 Å². The van der Waals surface area contributed by atoms with Crippen LogP contribution in [0.25, 0.3) is 0 Å². The summed E-state index contributed by atoms with van der Waals surface area (Å²) >= 11 is 7.78. The van der Waals surface area contributed by atoms with Gasteiger partial charge in [-0.15, -0.1) is 11.3 Å². The molecule has 3 rings (SSSR count). The lowest BCUT2D eigenvalue weighted by Crippen LogP contribution is -2.66. The van der Waals surface area contributed by atoms with Crippen LogP contribution in [0.2, 0.25) is 5.02 Å². The molecule has 6 nitrogen and oxygen atoms in total. The summed E-state index contributed by atoms with van der Waals surface area (Å²) in [5.41, 5.74) is -3.95. The van der Waals surface area contributed by atoms with Gasteiger partial charge in [0.1, 0.15) is 0 Å². The number of carbonyl (C=O) groups excluding carboxylic acids is 2. The topological polar surface area (TPSA) is 99.4 Å². The van der Waals surface area contributed by atoms with Crippen LogP contribution in [0.3, 0.4) is 0 Å². The summed E-state index contributed by atoms with van der Waals surface area (Å²) in [7, 11) is 0. The van der Waals surface area contributed by atoms with E-state index in [2.05, 4.69) is 0 Å². The van der Waals surface area contributed by atoms with Crippen molar-refractivity contribution in [2.24, 2.45) is 5.92 Å². The molecule has 1 aromatic heterocycles. The van der Waals surface area contributed by atoms with Crippen LogP contribution in [0.5, 0.6) is 0 Å². The van der Waals surface area contributed by atoms with Crippen molar-refractivity contribution in [3.63, 3.8) is 0 Å². The lowest BCUT2D eigenvalue weighted by Gasteiger charge is -2.45. The van der Waals surface area contributed by atoms with E-state index in [9.17, 15) is 33.1 Å². The molecule has 0 unspecified atom stereocenters. The van der Waals surface area contributed by atoms with E-state index in [-0.39, 0.29) is 27.6 Å². The van der Waals surface area contributed by atoms with Crippen LogP contribution in [0.4, 0.5) is 13.2 Å². The highest BCUT2D eigenvalue weighted by atomic mass is 35.5. The number of alkyl halides is 3. The summed E-state index contributed by atoms with van der Waals surface area (Å²) in [5, 5.41) is 24.1. The molecule has 0 fully saturated rings. The highest BCUT2D eigenvalue weighted by molar-refractivity contribution is 8.03. The highest BCUT2D eigenvalue weighted by Crippen LogP contribution is 2.52. The predicted octanol–water partition coefficient (Wildman–Crippen LogP) is 4.87. The Labute approximate surface area is 206 Å². The first-order valence-electron chi connectivity index (χ1n) is 9.87. The van der Waals surface area contributed by atoms with Gasteiger partial charge in [0.25, 0.3) is 0 Å². The molecule has 1 aliphatic rings. The zero-order chi connectivity index (χ0) is 25.1. The second-order valence-corrected chi connectivity index (χ2v) is 9.50. The van der Waals surface area contributed by atoms with Gasteiger partial charge in [-0.2, -0.15) is 18.4 Å². The van der Waals surface area contributed by atoms with E-state index >= 15 is 0 Å². The van der Waals surface area contributed by atoms with Gasteiger partial charge in [-0.25, -0.2) is 0 Å². The lowest BCUT2D eigenvalue weighted by molar-refractivity contribution is -0.285. The number of esters is 1. The standard InChI is InChI=1S/C22H18ClF3N2O4S2/c1-2-32-16(29)11-34-20-13(10-27)17(12-6-3-4-7-14(12)23)18(19(30)15-8-5-9-33-15)21(31,28-20)22(24,25)26/h3-9,17-18,28,31H,2,11H2,1H3/t17-,18-,21-/m0/s1. The molecule has 2 N–H and O–H groups in total. The zero-order valence-corrected chi connectivity index (χ0v) is 19.9. The van der Waals surface area contributed by atoms with E-state index in [1.807, 2.05) is 11.4 Å². The van der Waals surface area contributed by atoms with Crippen LogP contribution in [0.1, 0.15) is 28.1 Å². The molecular formula is C22H18ClF3N2O4S2. The fraction of sp³-hybridized carbons (Fsp3) is 0.318. The Morgan fingerprint density at radius 2 is 2.03 bits per heavy atom. The Hall–Kier alpha value is -2.52. The van der Waals surface area contributed by atoms with E-state index in [0.717, 1.165) is 11.3 Å². The molecule has 0 radical (unpaired) electrons. The molecule has 0 saturated carbocycles. The van der Waals surface area contributed by atoms with Gasteiger partial charge in [0.05, 0.1) is 39.8 Å². The number of benzene rings is 1. The smallest absolute Gasteiger partial charge is 0.437 e. The van der Waals surface area contributed by atoms with E-state index < -0.39 is 46.3 Å². The Morgan fingerprint density at radius 1 is 1.32 bits per heavy atom. The van der Waals surface area contributed by atoms with Crippen molar-refractivity contribution in [1.29, 1.82) is 5.26 Å². The maximum Gasteiger partial charge on any atom is 0.437 e. The van der Waals surface area contributed by atoms with E-state index in [1.165, 1.54) is 35.7 Å². The molecule has 0 aliphatic carbocycles. The monoisotopic (exact) mass is 530 g/mol. The molecule has 1 aliphatic heterocycles. The van der Waals surface area contributed by atoms with Crippen LogP contribution in [0.15, 0.2) is 52.4 Å². The predicted molar refractivity (Wildman–Crippen MR) is 122 cm³/mol. The highest BCUT2D eigenvalue weighted by Gasteiger charge is 2.66. The fourth-order valence-corrected chi connectivity index (χ4v) is 5.52. The minimum absolute atomic E-state index is 0.0189. The number of halogens is 4. The Balaban J connectivity index is 2.26. The largest absolute Gasteiger partial charge is 0.465 e. The van der Waals surface area contributed by atoms with Crippen LogP contribution in [-0.4, -0.2) is 41.1 Å². The quantitative estimate of drug-likeness (QED) is 0.389. The summed E-state index contributed by atoms with van der Waals surface area (Å²) in [5.74, 6) is -5.87. The van der Waals surface area contributed by atoms with Crippen molar-refractivity contribution in [1.82, 2.24) is 5.32 Å². The maximum atomic E-state index is 14.4. The Morgan fingerprint density at radius 3 is 2.59 bits per heavy atom. The Kier molecular flexibility index (Phi) is 7.98. The molecule has 0 amide bonds. The summed E-state index contributed by atoms with van der Waals surface area (Å²) in [4.78, 5) is 25.2. The van der Waals surface area contributed by atoms with Gasteiger partial charge in [-0.1, -0.05) is 47.6 Å². The van der Waals surface area contributed by atoms with Crippen molar-refractivity contribution in [2.45, 2.75) is 24.7 Å². The number of thiophene rings is 1. The molecule has 34 heavy (non-hydrogen) atoms. The van der Waals surface area contributed by atoms with Crippen molar-refractivity contribution in [3.8, 4) is 6.07 Å². The average molecular weight is 531 g/mol. The number of ether oxygens (including phenoxy) is 1. The number of hydrogen-bond donors (Lipinski definition) is 2. The molecule has 0 bridgehead atoms. The molecule has 2 heterocycles. The third-order valence-corrected chi connectivity index (χ3v) is 7.34. The number of Topliss-reactive ketones (excluding diaryl/α,β-unsaturated/α-hetero) is 1. The number of ketones is 1. The molecule has 0 spiro atoms. The molecular weight excluding hydrogens is 513 g/mol. The van der Waals surface area contributed by atoms with Gasteiger partial charge in [0.15, 0.2) is 5.78 Å². The van der Waals surface area contributed by atoms with Crippen LogP contribution < -0.4 is 5.32 Å². The fourth-order valence-electron chi connectivity index (χ4n) is 3.66. The molecule has 0 saturated heterocycles. The second-order valence-electron chi connectivity index (χ2n) is 7.16. The van der Waals surface area contributed by atoms with Crippen molar-refractivity contribution in [3.05, 3.63) is 67.8 Å². The summed E-state index contributed by atoms with van der Waals surface area (Å²) in [6, 6.07) is 10.6. The van der Waals surface area contributed by atoms with E-state index in [1.54, 1.807) is 13.0 Å². The molecule has 3 atom stereocenters. The first kappa shape index (κ1) is 26.1. The lowest BCUT2D eigenvalue weighted by atomic mass is 9.70. The van der Waals surface area contributed by atoms with Crippen molar-refractivity contribution < 1.29 is 32.6 Å². The molecule has 1 aromatic carbocycles. The SMILES string of the molecule is CCOC(=O)CSC1=C(C#N)[C@H](c2ccccc2Cl)[C@@H](C(=O)c2cccs2)[C@](O)(C(F)(F)F)N1. The van der Waals surface area contributed by atoms with Crippen LogP contribution in [-0.2, 0) is 9.53 Å². The van der Waals surface area contributed by atoms with Gasteiger partial charge in [0, 0.05) is 10.9 Å². The average Bonchev–Trinajstić information content (AvgIpc) is 3.32. The number of hydrogen-bond acceptors (Lipinski definition) is 8. The van der Waals surface area contributed by atoms with E-state index in [0.29, 0.717) is 11.8 Å². The second kappa shape index (κ2) is 10.4. The summed E-state index contributed by atoms with van der Waals surface area (Å²) in [6.45, 7) is 1.63. The van der Waals surface area contributed by atoms with Crippen LogP contribution >= 0.6 is 34.7 Å². The van der Waals surface area contributed by atoms with Crippen LogP contribution in [0, 0.1) is 17.2 Å². The van der Waals surface area contributed by atoms with Crippen molar-refractivity contribution in [2.75, 3.05) is 12.4 Å². The number of aliphatic hydroxyl groups is 1. The number of allylic oxidation sites excluding steroid dienone is 1. The first-order valence-corrected chi connectivity index (χ1v) is 12.1. The van der Waals surface area contributed by atoms with Gasteiger partial charge < -0.3 is 15.2 Å². The minimum atomic E-state index is -5.33. The normalized spacial score (nSPS) is 22.6. The molecule has 2 aromatic rings. The molecule has 180 valence electrons. The number of rotatable bonds is 7. The number of carbonyl (C=O) groups is 2. The number of nitrogens with one attached hydrogen (secondary N) is 1. The van der Waals surface area contributed by atoms with E-state index in [4.69, 9.17) is 16.3 Å².